The van der Waals surface area contributed by atoms with Gasteiger partial charge in [0.05, 0.1) is 22.6 Å². The molecule has 0 amide bonds. The Kier molecular flexibility index (Phi) is 12.1. The summed E-state index contributed by atoms with van der Waals surface area (Å²) in [4.78, 5) is 10.5. The third-order valence-electron chi connectivity index (χ3n) is 11.7. The Labute approximate surface area is 370 Å². The molecular weight excluding hydrogens is 765 g/mol. The SMILES string of the molecule is C=C/C=C\C=C(/C)c1cc(-c2nc(-c3ccccc3)cc(-c3ccccc3)n2)cc(-c2ccccc2)c1Nc1ccccc1C/C=c1\c(=C/C)c2ccccc2n1C1=CC=CCC1. The third kappa shape index (κ3) is 8.70. The van der Waals surface area contributed by atoms with Crippen LogP contribution in [0.25, 0.3) is 79.4 Å². The lowest BCUT2D eigenvalue weighted by Crippen LogP contribution is -2.29. The van der Waals surface area contributed by atoms with Crippen LogP contribution < -0.4 is 15.9 Å². The molecular formula is C59H50N4. The van der Waals surface area contributed by atoms with E-state index in [-0.39, 0.29) is 0 Å². The quantitative estimate of drug-likeness (QED) is 0.125. The van der Waals surface area contributed by atoms with Crippen LogP contribution in [0, 0.1) is 0 Å². The van der Waals surface area contributed by atoms with Crippen molar-refractivity contribution in [3.63, 3.8) is 0 Å². The summed E-state index contributed by atoms with van der Waals surface area (Å²) in [6.45, 7) is 8.24. The van der Waals surface area contributed by atoms with Crippen molar-refractivity contribution in [3.05, 3.63) is 229 Å². The Balaban J connectivity index is 1.22. The van der Waals surface area contributed by atoms with Gasteiger partial charge in [-0.1, -0.05) is 183 Å². The van der Waals surface area contributed by atoms with E-state index in [0.29, 0.717) is 5.82 Å². The predicted molar refractivity (Wildman–Crippen MR) is 269 cm³/mol. The summed E-state index contributed by atoms with van der Waals surface area (Å²) in [6.07, 6.45) is 22.1. The van der Waals surface area contributed by atoms with E-state index in [2.05, 4.69) is 212 Å². The zero-order valence-corrected chi connectivity index (χ0v) is 35.9. The van der Waals surface area contributed by atoms with Gasteiger partial charge >= 0.3 is 0 Å². The van der Waals surface area contributed by atoms with Crippen molar-refractivity contribution in [2.45, 2.75) is 33.1 Å². The average Bonchev–Trinajstić information content (AvgIpc) is 3.67. The summed E-state index contributed by atoms with van der Waals surface area (Å²) in [5.74, 6) is 0.659. The molecule has 1 aliphatic rings. The fourth-order valence-electron chi connectivity index (χ4n) is 8.56. The van der Waals surface area contributed by atoms with E-state index in [1.54, 1.807) is 6.08 Å². The minimum Gasteiger partial charge on any atom is -0.354 e. The Bertz CT molecular complexity index is 3130. The molecule has 8 aromatic rings. The molecule has 6 aromatic carbocycles. The van der Waals surface area contributed by atoms with Crippen LogP contribution in [0.4, 0.5) is 11.4 Å². The zero-order chi connectivity index (χ0) is 43.0. The minimum atomic E-state index is 0.659. The van der Waals surface area contributed by atoms with Gasteiger partial charge in [-0.3, -0.25) is 0 Å². The smallest absolute Gasteiger partial charge is 0.160 e. The number of rotatable bonds is 12. The fraction of sp³-hybridized carbons (Fsp3) is 0.0847. The van der Waals surface area contributed by atoms with E-state index in [1.807, 2.05) is 24.3 Å². The molecule has 306 valence electrons. The van der Waals surface area contributed by atoms with Gasteiger partial charge in [-0.2, -0.15) is 0 Å². The number of hydrogen-bond donors (Lipinski definition) is 1. The maximum atomic E-state index is 5.27. The maximum Gasteiger partial charge on any atom is 0.160 e. The molecule has 0 spiro atoms. The van der Waals surface area contributed by atoms with Crippen LogP contribution in [0.2, 0.25) is 0 Å². The predicted octanol–water partition coefficient (Wildman–Crippen LogP) is 14.0. The van der Waals surface area contributed by atoms with Gasteiger partial charge in [0.15, 0.2) is 5.82 Å². The van der Waals surface area contributed by atoms with E-state index >= 15 is 0 Å². The normalized spacial score (nSPS) is 13.5. The number of anilines is 2. The molecule has 4 heteroatoms. The lowest BCUT2D eigenvalue weighted by molar-refractivity contribution is 0.942. The first kappa shape index (κ1) is 40.6. The first-order valence-corrected chi connectivity index (χ1v) is 21.8. The molecule has 0 bridgehead atoms. The molecule has 0 aliphatic heterocycles. The molecule has 2 heterocycles. The lowest BCUT2D eigenvalue weighted by atomic mass is 9.92. The van der Waals surface area contributed by atoms with Crippen LogP contribution in [0.15, 0.2) is 207 Å². The number of allylic oxidation sites excluding steroid dienone is 9. The Morgan fingerprint density at radius 1 is 0.714 bits per heavy atom. The van der Waals surface area contributed by atoms with Crippen molar-refractivity contribution in [3.8, 4) is 45.0 Å². The fourth-order valence-corrected chi connectivity index (χ4v) is 8.56. The van der Waals surface area contributed by atoms with Crippen LogP contribution in [-0.2, 0) is 6.42 Å². The number of nitrogens with zero attached hydrogens (tertiary/aromatic N) is 3. The summed E-state index contributed by atoms with van der Waals surface area (Å²) in [5, 5.41) is 7.78. The minimum absolute atomic E-state index is 0.659. The van der Waals surface area contributed by atoms with Crippen LogP contribution >= 0.6 is 0 Å². The van der Waals surface area contributed by atoms with Gasteiger partial charge in [-0.25, -0.2) is 9.97 Å². The highest BCUT2D eigenvalue weighted by atomic mass is 15.0. The molecule has 0 saturated heterocycles. The van der Waals surface area contributed by atoms with Gasteiger partial charge in [0.1, 0.15) is 0 Å². The van der Waals surface area contributed by atoms with Gasteiger partial charge < -0.3 is 9.88 Å². The molecule has 9 rings (SSSR count). The molecule has 0 radical (unpaired) electrons. The second-order valence-corrected chi connectivity index (χ2v) is 15.7. The Morgan fingerprint density at radius 3 is 2.03 bits per heavy atom. The molecule has 1 N–H and O–H groups in total. The molecule has 2 aromatic heterocycles. The summed E-state index contributed by atoms with van der Waals surface area (Å²) < 4.78 is 2.47. The Morgan fingerprint density at radius 2 is 1.37 bits per heavy atom. The molecule has 0 saturated carbocycles. The van der Waals surface area contributed by atoms with Crippen LogP contribution in [0.3, 0.4) is 0 Å². The second-order valence-electron chi connectivity index (χ2n) is 15.7. The zero-order valence-electron chi connectivity index (χ0n) is 35.9. The van der Waals surface area contributed by atoms with Gasteiger partial charge in [0, 0.05) is 55.2 Å². The maximum absolute atomic E-state index is 5.27. The van der Waals surface area contributed by atoms with Crippen molar-refractivity contribution >= 4 is 45.7 Å². The average molecular weight is 815 g/mol. The van der Waals surface area contributed by atoms with E-state index in [4.69, 9.17) is 9.97 Å². The number of nitrogens with one attached hydrogen (secondary N) is 1. The van der Waals surface area contributed by atoms with Crippen LogP contribution in [0.5, 0.6) is 0 Å². The third-order valence-corrected chi connectivity index (χ3v) is 11.7. The highest BCUT2D eigenvalue weighted by Gasteiger charge is 2.20. The van der Waals surface area contributed by atoms with Gasteiger partial charge in [-0.15, -0.1) is 0 Å². The second kappa shape index (κ2) is 18.8. The van der Waals surface area contributed by atoms with Gasteiger partial charge in [0.2, 0.25) is 0 Å². The molecule has 4 nitrogen and oxygen atoms in total. The molecule has 1 aliphatic carbocycles. The van der Waals surface area contributed by atoms with Crippen LogP contribution in [-0.4, -0.2) is 14.5 Å². The number of benzene rings is 6. The highest BCUT2D eigenvalue weighted by Crippen LogP contribution is 2.41. The summed E-state index contributed by atoms with van der Waals surface area (Å²) in [7, 11) is 0. The topological polar surface area (TPSA) is 42.7 Å². The highest BCUT2D eigenvalue weighted by molar-refractivity contribution is 5.94. The van der Waals surface area contributed by atoms with Gasteiger partial charge in [0.25, 0.3) is 0 Å². The monoisotopic (exact) mass is 814 g/mol. The molecule has 0 fully saturated rings. The molecule has 0 unspecified atom stereocenters. The number of fused-ring (bicyclic) bond motifs is 1. The molecule has 63 heavy (non-hydrogen) atoms. The van der Waals surface area contributed by atoms with Crippen molar-refractivity contribution in [1.82, 2.24) is 14.5 Å². The molecule has 0 atom stereocenters. The van der Waals surface area contributed by atoms with Crippen molar-refractivity contribution in [2.75, 3.05) is 5.32 Å². The van der Waals surface area contributed by atoms with Crippen LogP contribution in [0.1, 0.15) is 37.8 Å². The summed E-state index contributed by atoms with van der Waals surface area (Å²) in [5.41, 5.74) is 14.8. The summed E-state index contributed by atoms with van der Waals surface area (Å²) in [6, 6.07) is 55.4. The largest absolute Gasteiger partial charge is 0.354 e. The Hall–Kier alpha value is -7.82. The first-order chi connectivity index (χ1) is 31.1. The van der Waals surface area contributed by atoms with E-state index in [1.165, 1.54) is 32.7 Å². The number of hydrogen-bond acceptors (Lipinski definition) is 3. The first-order valence-electron chi connectivity index (χ1n) is 21.8. The van der Waals surface area contributed by atoms with E-state index < -0.39 is 0 Å². The number of aromatic nitrogens is 3. The van der Waals surface area contributed by atoms with E-state index in [9.17, 15) is 0 Å². The van der Waals surface area contributed by atoms with E-state index in [0.717, 1.165) is 81.0 Å². The van der Waals surface area contributed by atoms with Crippen molar-refractivity contribution in [1.29, 1.82) is 0 Å². The van der Waals surface area contributed by atoms with Crippen molar-refractivity contribution < 1.29 is 0 Å². The number of para-hydroxylation sites is 2. The summed E-state index contributed by atoms with van der Waals surface area (Å²) >= 11 is 0. The van der Waals surface area contributed by atoms with Gasteiger partial charge in [-0.05, 0) is 86.2 Å². The lowest BCUT2D eigenvalue weighted by Gasteiger charge is -2.21. The van der Waals surface area contributed by atoms with Crippen molar-refractivity contribution in [2.24, 2.45) is 0 Å². The standard InChI is InChI=1S/C59H50N4/c1-4-6-11-24-42(3)51-39-47(59-61-54(44-27-14-8-15-28-44)41-55(62-59)45-29-16-9-17-30-45)40-52(43-25-12-7-13-26-43)58(51)60-53-35-22-20-31-46(53)37-38-57-49(5-2)50-34-21-23-36-56(50)63(57)48-32-18-10-19-33-48/h4-18,20-32,34-36,38-41,60H,1,19,33,37H2,2-3H3/b11-6-,42-24+,49-5-,57-38+.